The summed E-state index contributed by atoms with van der Waals surface area (Å²) in [4.78, 5) is 12.4. The molecule has 1 N–H and O–H groups in total. The van der Waals surface area contributed by atoms with Gasteiger partial charge in [0.1, 0.15) is 22.7 Å². The van der Waals surface area contributed by atoms with Gasteiger partial charge in [0, 0.05) is 23.3 Å². The Balaban J connectivity index is 1.40. The molecule has 0 fully saturated rings. The van der Waals surface area contributed by atoms with Gasteiger partial charge >= 0.3 is 0 Å². The average molecular weight is 389 g/mol. The van der Waals surface area contributed by atoms with E-state index < -0.39 is 0 Å². The summed E-state index contributed by atoms with van der Waals surface area (Å²) in [6.07, 6.45) is 0.974. The first kappa shape index (κ1) is 18.9. The standard InChI is InChI=1S/C24H23NO4/c1-16-9-11-17(12-10-16)28-13-5-8-24(26)25-20-15-22-19(14-23(20)27-2)18-6-3-4-7-21(18)29-22/h3-4,6-7,9-12,14-15H,5,8,13H2,1-2H3,(H,25,26). The summed E-state index contributed by atoms with van der Waals surface area (Å²) in [5.74, 6) is 1.33. The fraction of sp³-hybridized carbons (Fsp3) is 0.208. The van der Waals surface area contributed by atoms with Crippen molar-refractivity contribution in [2.45, 2.75) is 19.8 Å². The van der Waals surface area contributed by atoms with Crippen LogP contribution in [-0.4, -0.2) is 19.6 Å². The minimum absolute atomic E-state index is 0.0914. The van der Waals surface area contributed by atoms with Gasteiger partial charge in [0.2, 0.25) is 5.91 Å². The average Bonchev–Trinajstić information content (AvgIpc) is 3.09. The van der Waals surface area contributed by atoms with Crippen LogP contribution >= 0.6 is 0 Å². The highest BCUT2D eigenvalue weighted by Gasteiger charge is 2.14. The van der Waals surface area contributed by atoms with Crippen molar-refractivity contribution in [3.05, 3.63) is 66.2 Å². The molecule has 0 saturated carbocycles. The third kappa shape index (κ3) is 4.19. The van der Waals surface area contributed by atoms with E-state index in [0.29, 0.717) is 36.5 Å². The van der Waals surface area contributed by atoms with Crippen LogP contribution in [0, 0.1) is 6.92 Å². The Labute approximate surface area is 169 Å². The number of anilines is 1. The van der Waals surface area contributed by atoms with E-state index in [-0.39, 0.29) is 5.91 Å². The molecule has 4 aromatic rings. The van der Waals surface area contributed by atoms with Gasteiger partial charge in [-0.15, -0.1) is 0 Å². The number of benzene rings is 3. The van der Waals surface area contributed by atoms with Crippen molar-refractivity contribution in [3.8, 4) is 11.5 Å². The molecule has 0 aliphatic carbocycles. The van der Waals surface area contributed by atoms with Crippen molar-refractivity contribution in [1.29, 1.82) is 0 Å². The fourth-order valence-corrected chi connectivity index (χ4v) is 3.29. The lowest BCUT2D eigenvalue weighted by Gasteiger charge is -2.11. The second-order valence-electron chi connectivity index (χ2n) is 6.96. The number of para-hydroxylation sites is 1. The number of aryl methyl sites for hydroxylation is 1. The van der Waals surface area contributed by atoms with E-state index >= 15 is 0 Å². The molecule has 0 unspecified atom stereocenters. The van der Waals surface area contributed by atoms with Crippen molar-refractivity contribution >= 4 is 33.5 Å². The number of rotatable bonds is 7. The summed E-state index contributed by atoms with van der Waals surface area (Å²) in [5, 5.41) is 4.91. The number of ether oxygens (including phenoxy) is 2. The second kappa shape index (κ2) is 8.27. The Morgan fingerprint density at radius 2 is 1.79 bits per heavy atom. The Hall–Kier alpha value is -3.47. The Bertz CT molecular complexity index is 1140. The number of methoxy groups -OCH3 is 1. The predicted molar refractivity (Wildman–Crippen MR) is 115 cm³/mol. The summed E-state index contributed by atoms with van der Waals surface area (Å²) < 4.78 is 17.1. The highest BCUT2D eigenvalue weighted by atomic mass is 16.5. The largest absolute Gasteiger partial charge is 0.495 e. The Morgan fingerprint density at radius 3 is 2.59 bits per heavy atom. The van der Waals surface area contributed by atoms with Crippen LogP contribution in [0.15, 0.2) is 65.1 Å². The number of carbonyl (C=O) groups is 1. The number of carbonyl (C=O) groups excluding carboxylic acids is 1. The van der Waals surface area contributed by atoms with Gasteiger partial charge < -0.3 is 19.2 Å². The molecule has 148 valence electrons. The van der Waals surface area contributed by atoms with Gasteiger partial charge in [-0.25, -0.2) is 0 Å². The van der Waals surface area contributed by atoms with Crippen molar-refractivity contribution in [2.24, 2.45) is 0 Å². The predicted octanol–water partition coefficient (Wildman–Crippen LogP) is 5.70. The van der Waals surface area contributed by atoms with Gasteiger partial charge in [-0.05, 0) is 37.6 Å². The molecule has 5 nitrogen and oxygen atoms in total. The third-order valence-corrected chi connectivity index (χ3v) is 4.81. The van der Waals surface area contributed by atoms with E-state index in [0.717, 1.165) is 22.1 Å². The van der Waals surface area contributed by atoms with Gasteiger partial charge in [-0.3, -0.25) is 4.79 Å². The molecule has 0 radical (unpaired) electrons. The maximum absolute atomic E-state index is 12.4. The number of nitrogens with one attached hydrogen (secondary N) is 1. The second-order valence-corrected chi connectivity index (χ2v) is 6.96. The monoisotopic (exact) mass is 389 g/mol. The molecule has 5 heteroatoms. The number of amides is 1. The molecule has 29 heavy (non-hydrogen) atoms. The minimum atomic E-state index is -0.0914. The van der Waals surface area contributed by atoms with Crippen LogP contribution < -0.4 is 14.8 Å². The summed E-state index contributed by atoms with van der Waals surface area (Å²) in [6.45, 7) is 2.52. The summed E-state index contributed by atoms with van der Waals surface area (Å²) in [7, 11) is 1.59. The van der Waals surface area contributed by atoms with Crippen molar-refractivity contribution < 1.29 is 18.7 Å². The zero-order valence-electron chi connectivity index (χ0n) is 16.5. The van der Waals surface area contributed by atoms with Gasteiger partial charge in [0.25, 0.3) is 0 Å². The third-order valence-electron chi connectivity index (χ3n) is 4.81. The molecule has 1 amide bonds. The number of hydrogen-bond acceptors (Lipinski definition) is 4. The SMILES string of the molecule is COc1cc2c(cc1NC(=O)CCCOc1ccc(C)cc1)oc1ccccc12. The lowest BCUT2D eigenvalue weighted by Crippen LogP contribution is -2.13. The molecular formula is C24H23NO4. The lowest BCUT2D eigenvalue weighted by atomic mass is 10.1. The zero-order chi connectivity index (χ0) is 20.2. The molecule has 0 spiro atoms. The van der Waals surface area contributed by atoms with Gasteiger partial charge in [0.15, 0.2) is 0 Å². The minimum Gasteiger partial charge on any atom is -0.495 e. The van der Waals surface area contributed by atoms with Crippen LogP contribution in [0.1, 0.15) is 18.4 Å². The highest BCUT2D eigenvalue weighted by molar-refractivity contribution is 6.07. The van der Waals surface area contributed by atoms with E-state index in [9.17, 15) is 4.79 Å². The summed E-state index contributed by atoms with van der Waals surface area (Å²) in [6, 6.07) is 19.4. The van der Waals surface area contributed by atoms with Gasteiger partial charge in [-0.1, -0.05) is 35.9 Å². The van der Waals surface area contributed by atoms with E-state index in [1.165, 1.54) is 5.56 Å². The van der Waals surface area contributed by atoms with Crippen LogP contribution in [0.3, 0.4) is 0 Å². The number of hydrogen-bond donors (Lipinski definition) is 1. The van der Waals surface area contributed by atoms with Crippen LogP contribution in [0.4, 0.5) is 5.69 Å². The van der Waals surface area contributed by atoms with Crippen molar-refractivity contribution in [3.63, 3.8) is 0 Å². The fourth-order valence-electron chi connectivity index (χ4n) is 3.29. The van der Waals surface area contributed by atoms with Crippen LogP contribution in [0.25, 0.3) is 21.9 Å². The first-order chi connectivity index (χ1) is 14.1. The van der Waals surface area contributed by atoms with Crippen molar-refractivity contribution in [2.75, 3.05) is 19.0 Å². The molecular weight excluding hydrogens is 366 g/mol. The molecule has 0 atom stereocenters. The molecule has 1 aromatic heterocycles. The maximum atomic E-state index is 12.4. The molecule has 0 aliphatic rings. The highest BCUT2D eigenvalue weighted by Crippen LogP contribution is 2.36. The van der Waals surface area contributed by atoms with Crippen LogP contribution in [0.2, 0.25) is 0 Å². The zero-order valence-corrected chi connectivity index (χ0v) is 16.5. The molecule has 0 saturated heterocycles. The van der Waals surface area contributed by atoms with E-state index in [1.54, 1.807) is 7.11 Å². The normalized spacial score (nSPS) is 11.0. The molecule has 0 bridgehead atoms. The molecule has 4 rings (SSSR count). The smallest absolute Gasteiger partial charge is 0.224 e. The van der Waals surface area contributed by atoms with E-state index in [4.69, 9.17) is 13.9 Å². The van der Waals surface area contributed by atoms with Gasteiger partial charge in [0.05, 0.1) is 19.4 Å². The lowest BCUT2D eigenvalue weighted by molar-refractivity contribution is -0.116. The Kier molecular flexibility index (Phi) is 5.38. The molecule has 1 heterocycles. The van der Waals surface area contributed by atoms with Crippen LogP contribution in [-0.2, 0) is 4.79 Å². The quantitative estimate of drug-likeness (QED) is 0.412. The summed E-state index contributed by atoms with van der Waals surface area (Å²) >= 11 is 0. The first-order valence-electron chi connectivity index (χ1n) is 9.62. The van der Waals surface area contributed by atoms with Crippen molar-refractivity contribution in [1.82, 2.24) is 0 Å². The molecule has 3 aromatic carbocycles. The topological polar surface area (TPSA) is 60.7 Å². The summed E-state index contributed by atoms with van der Waals surface area (Å²) in [5.41, 5.74) is 3.31. The first-order valence-corrected chi connectivity index (χ1v) is 9.62. The van der Waals surface area contributed by atoms with E-state index in [2.05, 4.69) is 5.32 Å². The molecule has 0 aliphatic heterocycles. The van der Waals surface area contributed by atoms with Crippen LogP contribution in [0.5, 0.6) is 11.5 Å². The number of fused-ring (bicyclic) bond motifs is 3. The Morgan fingerprint density at radius 1 is 1.00 bits per heavy atom. The maximum Gasteiger partial charge on any atom is 0.224 e. The van der Waals surface area contributed by atoms with Gasteiger partial charge in [-0.2, -0.15) is 0 Å². The number of furan rings is 1. The van der Waals surface area contributed by atoms with E-state index in [1.807, 2.05) is 67.6 Å².